The number of pyridine rings is 1. The van der Waals surface area contributed by atoms with Crippen LogP contribution in [0.4, 0.5) is 13.2 Å². The molecule has 0 aromatic carbocycles. The minimum absolute atomic E-state index is 0. The number of likely N-dealkylation sites (tertiary alicyclic amines) is 1. The van der Waals surface area contributed by atoms with Crippen molar-refractivity contribution in [3.05, 3.63) is 29.6 Å². The smallest absolute Gasteiger partial charge is 0.357 e. The van der Waals surface area contributed by atoms with Crippen LogP contribution in [-0.2, 0) is 6.54 Å². The van der Waals surface area contributed by atoms with Crippen LogP contribution in [0.3, 0.4) is 0 Å². The fourth-order valence-corrected chi connectivity index (χ4v) is 3.36. The Bertz CT molecular complexity index is 624. The Morgan fingerprint density at radius 3 is 2.75 bits per heavy atom. The third-order valence-electron chi connectivity index (χ3n) is 4.78. The van der Waals surface area contributed by atoms with Crippen molar-refractivity contribution in [2.45, 2.75) is 39.9 Å². The maximum atomic E-state index is 12.7. The topological polar surface area (TPSA) is 43.8 Å². The summed E-state index contributed by atoms with van der Waals surface area (Å²) in [5.41, 5.74) is 2.04. The van der Waals surface area contributed by atoms with Gasteiger partial charge in [-0.2, -0.15) is 13.2 Å². The number of guanidine groups is 1. The molecule has 5 nitrogen and oxygen atoms in total. The van der Waals surface area contributed by atoms with E-state index in [9.17, 15) is 13.2 Å². The minimum atomic E-state index is -4.15. The van der Waals surface area contributed by atoms with Crippen molar-refractivity contribution in [3.63, 3.8) is 0 Å². The van der Waals surface area contributed by atoms with Gasteiger partial charge in [0.1, 0.15) is 0 Å². The van der Waals surface area contributed by atoms with E-state index in [2.05, 4.69) is 15.2 Å². The number of aryl methyl sites for hydroxylation is 1. The standard InChI is InChI=1S/C19H30F3N5.HI/c1-4-23-18(25-11-17-15(3)7-6-9-24-17)27-10-8-16(13-27)12-26(5-2)14-19(20,21)22;/h6-7,9,16H,4-5,8,10-14H2,1-3H3,(H,23,25);1H. The lowest BCUT2D eigenvalue weighted by molar-refractivity contribution is -0.146. The van der Waals surface area contributed by atoms with Crippen LogP contribution in [0.15, 0.2) is 23.3 Å². The van der Waals surface area contributed by atoms with Crippen molar-refractivity contribution in [1.29, 1.82) is 0 Å². The highest BCUT2D eigenvalue weighted by molar-refractivity contribution is 14.0. The van der Waals surface area contributed by atoms with E-state index in [4.69, 9.17) is 4.99 Å². The molecule has 2 rings (SSSR count). The van der Waals surface area contributed by atoms with Crippen molar-refractivity contribution in [2.75, 3.05) is 39.3 Å². The average Bonchev–Trinajstić information content (AvgIpc) is 3.06. The first-order valence-corrected chi connectivity index (χ1v) is 9.55. The molecule has 1 atom stereocenters. The number of alkyl halides is 3. The zero-order valence-corrected chi connectivity index (χ0v) is 19.1. The van der Waals surface area contributed by atoms with Gasteiger partial charge in [0, 0.05) is 32.4 Å². The highest BCUT2D eigenvalue weighted by Gasteiger charge is 2.33. The fraction of sp³-hybridized carbons (Fsp3) is 0.684. The summed E-state index contributed by atoms with van der Waals surface area (Å²) in [6.07, 6.45) is -1.51. The zero-order valence-electron chi connectivity index (χ0n) is 16.8. The van der Waals surface area contributed by atoms with Crippen LogP contribution in [0.1, 0.15) is 31.5 Å². The van der Waals surface area contributed by atoms with Crippen LogP contribution in [0.2, 0.25) is 0 Å². The summed E-state index contributed by atoms with van der Waals surface area (Å²) in [4.78, 5) is 12.7. The van der Waals surface area contributed by atoms with Crippen molar-refractivity contribution in [1.82, 2.24) is 20.1 Å². The molecule has 1 fully saturated rings. The third kappa shape index (κ3) is 8.10. The quantitative estimate of drug-likeness (QED) is 0.344. The van der Waals surface area contributed by atoms with Gasteiger partial charge in [0.05, 0.1) is 18.8 Å². The van der Waals surface area contributed by atoms with Crippen molar-refractivity contribution in [2.24, 2.45) is 10.9 Å². The Balaban J connectivity index is 0.00000392. The summed E-state index contributed by atoms with van der Waals surface area (Å²) >= 11 is 0. The van der Waals surface area contributed by atoms with Gasteiger partial charge < -0.3 is 10.2 Å². The molecule has 0 spiro atoms. The van der Waals surface area contributed by atoms with Gasteiger partial charge in [-0.1, -0.05) is 13.0 Å². The Hall–Kier alpha value is -1.10. The number of nitrogens with one attached hydrogen (secondary N) is 1. The molecule has 1 N–H and O–H groups in total. The molecule has 1 aromatic heterocycles. The van der Waals surface area contributed by atoms with E-state index in [1.165, 1.54) is 4.90 Å². The van der Waals surface area contributed by atoms with Crippen LogP contribution in [0, 0.1) is 12.8 Å². The molecule has 9 heteroatoms. The molecule has 160 valence electrons. The predicted octanol–water partition coefficient (Wildman–Crippen LogP) is 3.68. The lowest BCUT2D eigenvalue weighted by atomic mass is 10.1. The Morgan fingerprint density at radius 2 is 2.14 bits per heavy atom. The number of halogens is 4. The molecule has 0 bridgehead atoms. The van der Waals surface area contributed by atoms with Gasteiger partial charge in [0.2, 0.25) is 0 Å². The summed E-state index contributed by atoms with van der Waals surface area (Å²) in [5.74, 6) is 1.02. The average molecular weight is 513 g/mol. The predicted molar refractivity (Wildman–Crippen MR) is 117 cm³/mol. The molecule has 1 aromatic rings. The molecule has 0 radical (unpaired) electrons. The van der Waals surface area contributed by atoms with Gasteiger partial charge in [-0.15, -0.1) is 24.0 Å². The van der Waals surface area contributed by atoms with Crippen molar-refractivity contribution in [3.8, 4) is 0 Å². The highest BCUT2D eigenvalue weighted by atomic mass is 127. The van der Waals surface area contributed by atoms with Crippen LogP contribution in [0.25, 0.3) is 0 Å². The molecule has 1 saturated heterocycles. The van der Waals surface area contributed by atoms with Crippen LogP contribution in [-0.4, -0.2) is 66.2 Å². The molecular weight excluding hydrogens is 482 g/mol. The maximum Gasteiger partial charge on any atom is 0.401 e. The first kappa shape index (κ1) is 24.9. The van der Waals surface area contributed by atoms with Gasteiger partial charge in [-0.3, -0.25) is 9.88 Å². The van der Waals surface area contributed by atoms with E-state index < -0.39 is 12.7 Å². The van der Waals surface area contributed by atoms with Gasteiger partial charge >= 0.3 is 6.18 Å². The summed E-state index contributed by atoms with van der Waals surface area (Å²) in [6.45, 7) is 8.60. The maximum absolute atomic E-state index is 12.7. The number of nitrogens with zero attached hydrogens (tertiary/aromatic N) is 4. The second kappa shape index (κ2) is 11.8. The first-order valence-electron chi connectivity index (χ1n) is 9.55. The van der Waals surface area contributed by atoms with Gasteiger partial charge in [0.15, 0.2) is 5.96 Å². The summed E-state index contributed by atoms with van der Waals surface area (Å²) in [7, 11) is 0. The van der Waals surface area contributed by atoms with E-state index in [1.54, 1.807) is 13.1 Å². The molecule has 28 heavy (non-hydrogen) atoms. The molecule has 1 unspecified atom stereocenters. The first-order chi connectivity index (χ1) is 12.8. The van der Waals surface area contributed by atoms with Crippen molar-refractivity contribution >= 4 is 29.9 Å². The molecule has 1 aliphatic heterocycles. The number of hydrogen-bond acceptors (Lipinski definition) is 3. The Labute approximate surface area is 182 Å². The molecule has 2 heterocycles. The molecule has 0 aliphatic carbocycles. The lowest BCUT2D eigenvalue weighted by Gasteiger charge is -2.26. The number of aromatic nitrogens is 1. The fourth-order valence-electron chi connectivity index (χ4n) is 3.36. The highest BCUT2D eigenvalue weighted by Crippen LogP contribution is 2.21. The normalized spacial score (nSPS) is 17.8. The van der Waals surface area contributed by atoms with E-state index in [0.29, 0.717) is 19.6 Å². The van der Waals surface area contributed by atoms with Gasteiger partial charge in [-0.05, 0) is 44.4 Å². The minimum Gasteiger partial charge on any atom is -0.357 e. The number of rotatable bonds is 7. The zero-order chi connectivity index (χ0) is 19.9. The molecule has 0 saturated carbocycles. The monoisotopic (exact) mass is 513 g/mol. The summed E-state index contributed by atoms with van der Waals surface area (Å²) in [6, 6.07) is 3.91. The van der Waals surface area contributed by atoms with Crippen LogP contribution in [0.5, 0.6) is 0 Å². The largest absolute Gasteiger partial charge is 0.401 e. The van der Waals surface area contributed by atoms with Crippen LogP contribution < -0.4 is 5.32 Å². The molecular formula is C19H31F3IN5. The summed E-state index contributed by atoms with van der Waals surface area (Å²) < 4.78 is 38.0. The van der Waals surface area contributed by atoms with Crippen molar-refractivity contribution < 1.29 is 13.2 Å². The van der Waals surface area contributed by atoms with E-state index in [-0.39, 0.29) is 29.9 Å². The summed E-state index contributed by atoms with van der Waals surface area (Å²) in [5, 5.41) is 3.29. The lowest BCUT2D eigenvalue weighted by Crippen LogP contribution is -2.41. The van der Waals surface area contributed by atoms with Gasteiger partial charge in [-0.25, -0.2) is 4.99 Å². The van der Waals surface area contributed by atoms with Crippen LogP contribution >= 0.6 is 24.0 Å². The Morgan fingerprint density at radius 1 is 1.39 bits per heavy atom. The van der Waals surface area contributed by atoms with Gasteiger partial charge in [0.25, 0.3) is 0 Å². The molecule has 1 aliphatic rings. The second-order valence-corrected chi connectivity index (χ2v) is 6.98. The molecule has 0 amide bonds. The van der Waals surface area contributed by atoms with E-state index >= 15 is 0 Å². The van der Waals surface area contributed by atoms with E-state index in [0.717, 1.165) is 43.3 Å². The Kier molecular flexibility index (Phi) is 10.5. The number of hydrogen-bond donors (Lipinski definition) is 1. The third-order valence-corrected chi connectivity index (χ3v) is 4.78. The second-order valence-electron chi connectivity index (χ2n) is 6.98. The SMILES string of the molecule is CCNC(=NCc1ncccc1C)N1CCC(CN(CC)CC(F)(F)F)C1.I. The van der Waals surface area contributed by atoms with E-state index in [1.807, 2.05) is 26.0 Å². The number of aliphatic imine (C=N–C) groups is 1.